The van der Waals surface area contributed by atoms with Crippen LogP contribution < -0.4 is 0 Å². The lowest BCUT2D eigenvalue weighted by Crippen LogP contribution is -2.44. The topological polar surface area (TPSA) is 23.1 Å². The summed E-state index contributed by atoms with van der Waals surface area (Å²) in [5.74, 6) is 0. The molecule has 0 rings (SSSR count). The first-order chi connectivity index (χ1) is 12.2. The third-order valence-electron chi connectivity index (χ3n) is 5.47. The lowest BCUT2D eigenvalue weighted by molar-refractivity contribution is -0.881. The van der Waals surface area contributed by atoms with Crippen LogP contribution >= 0.6 is 0 Å². The predicted octanol–water partition coefficient (Wildman–Crippen LogP) is 7.99. The van der Waals surface area contributed by atoms with Crippen molar-refractivity contribution >= 4 is 0 Å². The third kappa shape index (κ3) is 17.1. The fourth-order valence-electron chi connectivity index (χ4n) is 3.81. The monoisotopic (exact) mass is 355 g/mol. The number of nitrogens with zero attached hydrogens (tertiary/aromatic N) is 1. The first-order valence-corrected chi connectivity index (χ1v) is 11.8. The van der Waals surface area contributed by atoms with Gasteiger partial charge in [-0.25, -0.2) is 0 Å². The average Bonchev–Trinajstić information content (AvgIpc) is 2.60. The highest BCUT2D eigenvalue weighted by molar-refractivity contribution is 4.51. The van der Waals surface area contributed by atoms with Crippen LogP contribution in [0.3, 0.4) is 0 Å². The summed E-state index contributed by atoms with van der Waals surface area (Å²) in [6.45, 7) is 9.25. The van der Waals surface area contributed by atoms with Crippen molar-refractivity contribution in [3.63, 3.8) is 0 Å². The zero-order valence-electron chi connectivity index (χ0n) is 18.0. The van der Waals surface area contributed by atoms with Gasteiger partial charge < -0.3 is 9.85 Å². The van der Waals surface area contributed by atoms with E-state index in [2.05, 4.69) is 20.8 Å². The van der Waals surface area contributed by atoms with Gasteiger partial charge in [-0.3, -0.25) is 0 Å². The van der Waals surface area contributed by atoms with Gasteiger partial charge in [0.05, 0.1) is 19.6 Å². The van der Waals surface area contributed by atoms with Crippen molar-refractivity contribution in [3.8, 4) is 0 Å². The van der Waals surface area contributed by atoms with Crippen molar-refractivity contribution in [2.75, 3.05) is 19.6 Å². The molecule has 0 fully saturated rings. The van der Waals surface area contributed by atoms with Crippen LogP contribution in [-0.4, -0.2) is 24.3 Å². The second-order valence-electron chi connectivity index (χ2n) is 8.18. The van der Waals surface area contributed by atoms with Crippen molar-refractivity contribution in [3.05, 3.63) is 5.21 Å². The zero-order chi connectivity index (χ0) is 18.6. The standard InChI is InChI=1S/C23H49NO/c1-4-7-9-11-13-15-17-19-22-24(25,21-6-3)23-20-18-16-14-12-10-8-5-2/h4-23H2,1-3H3. The number of unbranched alkanes of at least 4 members (excludes halogenated alkanes) is 14. The van der Waals surface area contributed by atoms with Crippen LogP contribution in [0.2, 0.25) is 0 Å². The van der Waals surface area contributed by atoms with E-state index in [0.29, 0.717) is 0 Å². The molecule has 0 aromatic heterocycles. The maximum Gasteiger partial charge on any atom is 0.0783 e. The summed E-state index contributed by atoms with van der Waals surface area (Å²) in [6, 6.07) is 0. The molecule has 0 aliphatic carbocycles. The highest BCUT2D eigenvalue weighted by Gasteiger charge is 2.14. The molecule has 0 N–H and O–H groups in total. The van der Waals surface area contributed by atoms with E-state index in [0.717, 1.165) is 38.9 Å². The van der Waals surface area contributed by atoms with Gasteiger partial charge in [-0.1, -0.05) is 97.8 Å². The fourth-order valence-corrected chi connectivity index (χ4v) is 3.81. The molecule has 0 aromatic rings. The summed E-state index contributed by atoms with van der Waals surface area (Å²) in [6.07, 6.45) is 22.2. The van der Waals surface area contributed by atoms with Crippen LogP contribution in [0.5, 0.6) is 0 Å². The van der Waals surface area contributed by atoms with Crippen LogP contribution in [0.1, 0.15) is 130 Å². The molecule has 0 saturated heterocycles. The molecule has 0 saturated carbocycles. The molecule has 0 aliphatic rings. The van der Waals surface area contributed by atoms with E-state index in [1.165, 1.54) is 89.9 Å². The Labute approximate surface area is 159 Å². The Kier molecular flexibility index (Phi) is 18.6. The zero-order valence-corrected chi connectivity index (χ0v) is 18.0. The van der Waals surface area contributed by atoms with Gasteiger partial charge in [0, 0.05) is 0 Å². The number of hydrogen-bond donors (Lipinski definition) is 0. The van der Waals surface area contributed by atoms with Gasteiger partial charge in [0.1, 0.15) is 0 Å². The molecule has 25 heavy (non-hydrogen) atoms. The SMILES string of the molecule is CCCCCCCCCC[N+]([O-])(CCC)CCCCCCCCCC. The molecular formula is C23H49NO. The molecular weight excluding hydrogens is 306 g/mol. The molecule has 0 unspecified atom stereocenters. The molecule has 152 valence electrons. The van der Waals surface area contributed by atoms with Crippen molar-refractivity contribution in [1.29, 1.82) is 0 Å². The summed E-state index contributed by atoms with van der Waals surface area (Å²) in [5, 5.41) is 13.0. The van der Waals surface area contributed by atoms with Crippen molar-refractivity contribution in [1.82, 2.24) is 0 Å². The molecule has 0 aliphatic heterocycles. The summed E-state index contributed by atoms with van der Waals surface area (Å²) in [4.78, 5) is 0. The molecule has 0 aromatic carbocycles. The van der Waals surface area contributed by atoms with E-state index in [1.54, 1.807) is 0 Å². The highest BCUT2D eigenvalue weighted by Crippen LogP contribution is 2.16. The van der Waals surface area contributed by atoms with Crippen molar-refractivity contribution < 1.29 is 4.65 Å². The van der Waals surface area contributed by atoms with Gasteiger partial charge in [-0.15, -0.1) is 0 Å². The Morgan fingerprint density at radius 3 is 1.04 bits per heavy atom. The van der Waals surface area contributed by atoms with Crippen LogP contribution in [0.15, 0.2) is 0 Å². The number of quaternary nitrogens is 1. The lowest BCUT2D eigenvalue weighted by Gasteiger charge is -2.43. The molecule has 0 atom stereocenters. The quantitative estimate of drug-likeness (QED) is 0.123. The number of rotatable bonds is 20. The van der Waals surface area contributed by atoms with E-state index >= 15 is 0 Å². The molecule has 2 heteroatoms. The van der Waals surface area contributed by atoms with Crippen LogP contribution in [0.4, 0.5) is 0 Å². The van der Waals surface area contributed by atoms with Gasteiger partial charge in [0.2, 0.25) is 0 Å². The Morgan fingerprint density at radius 2 is 0.720 bits per heavy atom. The summed E-state index contributed by atoms with van der Waals surface area (Å²) in [5.41, 5.74) is 0. The maximum absolute atomic E-state index is 13.0. The fraction of sp³-hybridized carbons (Fsp3) is 1.00. The number of hydroxylamine groups is 3. The second-order valence-corrected chi connectivity index (χ2v) is 8.18. The van der Waals surface area contributed by atoms with Gasteiger partial charge in [-0.2, -0.15) is 0 Å². The lowest BCUT2D eigenvalue weighted by atomic mass is 10.1. The Hall–Kier alpha value is -0.0800. The van der Waals surface area contributed by atoms with Gasteiger partial charge in [0.15, 0.2) is 0 Å². The largest absolute Gasteiger partial charge is 0.633 e. The average molecular weight is 356 g/mol. The molecule has 0 amide bonds. The van der Waals surface area contributed by atoms with Crippen LogP contribution in [0.25, 0.3) is 0 Å². The third-order valence-corrected chi connectivity index (χ3v) is 5.47. The summed E-state index contributed by atoms with van der Waals surface area (Å²) in [7, 11) is 0. The van der Waals surface area contributed by atoms with E-state index in [-0.39, 0.29) is 4.65 Å². The highest BCUT2D eigenvalue weighted by atomic mass is 16.5. The van der Waals surface area contributed by atoms with Crippen molar-refractivity contribution in [2.45, 2.75) is 130 Å². The minimum Gasteiger partial charge on any atom is -0.633 e. The van der Waals surface area contributed by atoms with E-state index < -0.39 is 0 Å². The van der Waals surface area contributed by atoms with Crippen LogP contribution in [-0.2, 0) is 0 Å². The van der Waals surface area contributed by atoms with Gasteiger partial charge in [-0.05, 0) is 32.1 Å². The van der Waals surface area contributed by atoms with E-state index in [9.17, 15) is 5.21 Å². The first-order valence-electron chi connectivity index (χ1n) is 11.8. The normalized spacial score (nSPS) is 12.0. The first kappa shape index (κ1) is 24.9. The van der Waals surface area contributed by atoms with Gasteiger partial charge in [0.25, 0.3) is 0 Å². The van der Waals surface area contributed by atoms with E-state index in [4.69, 9.17) is 0 Å². The number of hydrogen-bond acceptors (Lipinski definition) is 1. The summed E-state index contributed by atoms with van der Waals surface area (Å²) < 4.78 is 0.0855. The smallest absolute Gasteiger partial charge is 0.0783 e. The summed E-state index contributed by atoms with van der Waals surface area (Å²) >= 11 is 0. The molecule has 0 radical (unpaired) electrons. The molecule has 0 heterocycles. The predicted molar refractivity (Wildman–Crippen MR) is 114 cm³/mol. The maximum atomic E-state index is 13.0. The van der Waals surface area contributed by atoms with E-state index in [1.807, 2.05) is 0 Å². The molecule has 0 bridgehead atoms. The molecule has 2 nitrogen and oxygen atoms in total. The Bertz CT molecular complexity index is 234. The Morgan fingerprint density at radius 1 is 0.400 bits per heavy atom. The second kappa shape index (κ2) is 18.7. The van der Waals surface area contributed by atoms with Gasteiger partial charge >= 0.3 is 0 Å². The van der Waals surface area contributed by atoms with Crippen molar-refractivity contribution in [2.24, 2.45) is 0 Å². The molecule has 0 spiro atoms. The Balaban J connectivity index is 3.66. The minimum atomic E-state index is 0.0855. The minimum absolute atomic E-state index is 0.0855. The van der Waals surface area contributed by atoms with Crippen LogP contribution in [0, 0.1) is 5.21 Å².